The summed E-state index contributed by atoms with van der Waals surface area (Å²) in [6, 6.07) is 0. The van der Waals surface area contributed by atoms with E-state index in [2.05, 4.69) is 15.2 Å². The predicted octanol–water partition coefficient (Wildman–Crippen LogP) is -2.03. The highest BCUT2D eigenvalue weighted by Gasteiger charge is 2.06. The first-order chi connectivity index (χ1) is 8.95. The van der Waals surface area contributed by atoms with Crippen LogP contribution in [0.1, 0.15) is 11.3 Å². The van der Waals surface area contributed by atoms with Crippen LogP contribution in [0.3, 0.4) is 0 Å². The molecule has 0 atom stereocenters. The number of nitrogens with two attached hydrogens (primary N) is 1. The summed E-state index contributed by atoms with van der Waals surface area (Å²) in [4.78, 5) is 36.8. The maximum atomic E-state index is 11.6. The van der Waals surface area contributed by atoms with Crippen molar-refractivity contribution in [3.63, 3.8) is 0 Å². The first-order valence-corrected chi connectivity index (χ1v) is 5.43. The van der Waals surface area contributed by atoms with Gasteiger partial charge in [-0.2, -0.15) is 15.0 Å². The smallest absolute Gasteiger partial charge is 0.328 e. The molecule has 2 aromatic heterocycles. The summed E-state index contributed by atoms with van der Waals surface area (Å²) in [6.45, 7) is 1.62. The number of aromatic amines is 1. The first-order valence-electron chi connectivity index (χ1n) is 5.43. The van der Waals surface area contributed by atoms with E-state index < -0.39 is 17.2 Å². The van der Waals surface area contributed by atoms with Gasteiger partial charge < -0.3 is 5.73 Å². The molecule has 3 N–H and O–H groups in total. The molecule has 0 aliphatic rings. The minimum atomic E-state index is -0.556. The predicted molar refractivity (Wildman–Crippen MR) is 64.4 cm³/mol. The van der Waals surface area contributed by atoms with Gasteiger partial charge >= 0.3 is 5.69 Å². The molecule has 19 heavy (non-hydrogen) atoms. The number of hydrogen-bond donors (Lipinski definition) is 2. The van der Waals surface area contributed by atoms with Gasteiger partial charge in [-0.3, -0.25) is 19.1 Å². The summed E-state index contributed by atoms with van der Waals surface area (Å²) in [5.74, 6) is -0.556. The molecule has 2 aromatic rings. The Hall–Kier alpha value is -2.71. The summed E-state index contributed by atoms with van der Waals surface area (Å²) in [6.07, 6.45) is 2.87. The molecule has 0 fully saturated rings. The molecule has 0 aromatic carbocycles. The minimum absolute atomic E-state index is 0.125. The van der Waals surface area contributed by atoms with Crippen LogP contribution in [0.25, 0.3) is 0 Å². The lowest BCUT2D eigenvalue weighted by Crippen LogP contribution is -2.31. The molecule has 0 spiro atoms. The fourth-order valence-corrected chi connectivity index (χ4v) is 1.53. The molecule has 100 valence electrons. The molecule has 1 amide bonds. The van der Waals surface area contributed by atoms with Crippen molar-refractivity contribution in [3.05, 3.63) is 44.5 Å². The van der Waals surface area contributed by atoms with Crippen LogP contribution in [0.4, 0.5) is 0 Å². The Morgan fingerprint density at radius 3 is 2.89 bits per heavy atom. The zero-order chi connectivity index (χ0) is 14.0. The van der Waals surface area contributed by atoms with Gasteiger partial charge in [0.2, 0.25) is 5.91 Å². The number of carbonyl (C=O) groups is 1. The van der Waals surface area contributed by atoms with Crippen molar-refractivity contribution in [2.75, 3.05) is 0 Å². The van der Waals surface area contributed by atoms with E-state index in [-0.39, 0.29) is 13.1 Å². The lowest BCUT2D eigenvalue weighted by molar-refractivity contribution is -0.118. The third-order valence-corrected chi connectivity index (χ3v) is 2.40. The molecule has 0 unspecified atom stereocenters. The molecule has 9 nitrogen and oxygen atoms in total. The van der Waals surface area contributed by atoms with Crippen molar-refractivity contribution in [2.45, 2.75) is 20.0 Å². The molecule has 0 radical (unpaired) electrons. The highest BCUT2D eigenvalue weighted by molar-refractivity contribution is 5.73. The van der Waals surface area contributed by atoms with E-state index in [4.69, 9.17) is 5.73 Å². The fraction of sp³-hybridized carbons (Fsp3) is 0.300. The van der Waals surface area contributed by atoms with E-state index in [0.717, 1.165) is 4.80 Å². The van der Waals surface area contributed by atoms with Crippen LogP contribution in [-0.2, 0) is 17.9 Å². The number of aromatic nitrogens is 5. The van der Waals surface area contributed by atoms with Crippen LogP contribution in [0.2, 0.25) is 0 Å². The normalized spacial score (nSPS) is 10.6. The van der Waals surface area contributed by atoms with Gasteiger partial charge in [-0.1, -0.05) is 0 Å². The Morgan fingerprint density at radius 2 is 2.21 bits per heavy atom. The molecule has 0 bridgehead atoms. The van der Waals surface area contributed by atoms with Crippen molar-refractivity contribution in [2.24, 2.45) is 5.73 Å². The van der Waals surface area contributed by atoms with Gasteiger partial charge in [0, 0.05) is 11.8 Å². The Bertz CT molecular complexity index is 725. The molecule has 2 heterocycles. The summed E-state index contributed by atoms with van der Waals surface area (Å²) < 4.78 is 1.30. The lowest BCUT2D eigenvalue weighted by Gasteiger charge is -2.02. The van der Waals surface area contributed by atoms with Crippen molar-refractivity contribution in [1.29, 1.82) is 0 Å². The van der Waals surface area contributed by atoms with Gasteiger partial charge in [0.25, 0.3) is 5.56 Å². The minimum Gasteiger partial charge on any atom is -0.368 e. The SMILES string of the molecule is Cc1cn(Cc2cnn(CC(N)=O)n2)c(=O)[nH]c1=O. The van der Waals surface area contributed by atoms with Crippen LogP contribution >= 0.6 is 0 Å². The van der Waals surface area contributed by atoms with Gasteiger partial charge in [-0.25, -0.2) is 4.79 Å². The molecular weight excluding hydrogens is 252 g/mol. The van der Waals surface area contributed by atoms with Crippen LogP contribution < -0.4 is 17.0 Å². The molecule has 0 saturated carbocycles. The second-order valence-corrected chi connectivity index (χ2v) is 4.03. The van der Waals surface area contributed by atoms with Crippen LogP contribution in [-0.4, -0.2) is 30.5 Å². The molecular formula is C10H12N6O3. The van der Waals surface area contributed by atoms with E-state index in [1.165, 1.54) is 17.0 Å². The number of H-pyrrole nitrogens is 1. The van der Waals surface area contributed by atoms with Crippen LogP contribution in [0.15, 0.2) is 22.0 Å². The highest BCUT2D eigenvalue weighted by atomic mass is 16.2. The number of carbonyl (C=O) groups excluding carboxylic acids is 1. The second kappa shape index (κ2) is 4.88. The second-order valence-electron chi connectivity index (χ2n) is 4.03. The van der Waals surface area contributed by atoms with Crippen molar-refractivity contribution in [1.82, 2.24) is 24.5 Å². The van der Waals surface area contributed by atoms with Gasteiger partial charge in [0.05, 0.1) is 12.7 Å². The summed E-state index contributed by atoms with van der Waals surface area (Å²) >= 11 is 0. The largest absolute Gasteiger partial charge is 0.368 e. The fourth-order valence-electron chi connectivity index (χ4n) is 1.53. The molecule has 9 heteroatoms. The Kier molecular flexibility index (Phi) is 3.27. The van der Waals surface area contributed by atoms with Gasteiger partial charge in [-0.15, -0.1) is 0 Å². The maximum Gasteiger partial charge on any atom is 0.328 e. The molecule has 2 rings (SSSR count). The van der Waals surface area contributed by atoms with E-state index in [1.807, 2.05) is 0 Å². The highest BCUT2D eigenvalue weighted by Crippen LogP contribution is 1.95. The van der Waals surface area contributed by atoms with Gasteiger partial charge in [0.1, 0.15) is 12.2 Å². The molecule has 0 aliphatic carbocycles. The third-order valence-electron chi connectivity index (χ3n) is 2.40. The van der Waals surface area contributed by atoms with E-state index in [1.54, 1.807) is 6.92 Å². The molecule has 0 aliphatic heterocycles. The standard InChI is InChI=1S/C10H12N6O3/c1-6-3-15(10(19)13-9(6)18)4-7-2-12-16(14-7)5-8(11)17/h2-3H,4-5H2,1H3,(H2,11,17)(H,13,18,19). The number of nitrogens with one attached hydrogen (secondary N) is 1. The Balaban J connectivity index is 2.24. The van der Waals surface area contributed by atoms with Gasteiger partial charge in [-0.05, 0) is 6.92 Å². The van der Waals surface area contributed by atoms with E-state index >= 15 is 0 Å². The monoisotopic (exact) mass is 264 g/mol. The molecule has 0 saturated heterocycles. The summed E-state index contributed by atoms with van der Waals surface area (Å²) in [5, 5.41) is 7.83. The van der Waals surface area contributed by atoms with Crippen molar-refractivity contribution < 1.29 is 4.79 Å². The van der Waals surface area contributed by atoms with E-state index in [9.17, 15) is 14.4 Å². The number of primary amides is 1. The average molecular weight is 264 g/mol. The number of hydrogen-bond acceptors (Lipinski definition) is 5. The number of amides is 1. The average Bonchev–Trinajstić information content (AvgIpc) is 2.72. The van der Waals surface area contributed by atoms with Crippen molar-refractivity contribution in [3.8, 4) is 0 Å². The number of rotatable bonds is 4. The summed E-state index contributed by atoms with van der Waals surface area (Å²) in [5.41, 5.74) is 4.97. The lowest BCUT2D eigenvalue weighted by atomic mass is 10.4. The Labute approximate surface area is 106 Å². The Morgan fingerprint density at radius 1 is 1.47 bits per heavy atom. The zero-order valence-corrected chi connectivity index (χ0v) is 10.2. The van der Waals surface area contributed by atoms with Gasteiger partial charge in [0.15, 0.2) is 0 Å². The topological polar surface area (TPSA) is 129 Å². The maximum absolute atomic E-state index is 11.6. The zero-order valence-electron chi connectivity index (χ0n) is 10.2. The third kappa shape index (κ3) is 2.94. The number of nitrogens with zero attached hydrogens (tertiary/aromatic N) is 4. The van der Waals surface area contributed by atoms with Crippen LogP contribution in [0.5, 0.6) is 0 Å². The summed E-state index contributed by atoms with van der Waals surface area (Å²) in [7, 11) is 0. The first kappa shape index (κ1) is 12.7. The quantitative estimate of drug-likeness (QED) is 0.658. The number of aryl methyl sites for hydroxylation is 1. The van der Waals surface area contributed by atoms with Crippen molar-refractivity contribution >= 4 is 5.91 Å². The van der Waals surface area contributed by atoms with Crippen LogP contribution in [0, 0.1) is 6.92 Å². The van der Waals surface area contributed by atoms with E-state index in [0.29, 0.717) is 11.3 Å².